The Morgan fingerprint density at radius 2 is 1.60 bits per heavy atom. The second-order valence-corrected chi connectivity index (χ2v) is 9.66. The Balaban J connectivity index is 1.25. The number of rotatable bonds is 6. The van der Waals surface area contributed by atoms with Crippen LogP contribution in [0.15, 0.2) is 72.8 Å². The van der Waals surface area contributed by atoms with Crippen LogP contribution >= 0.6 is 0 Å². The van der Waals surface area contributed by atoms with Crippen molar-refractivity contribution in [3.63, 3.8) is 0 Å². The number of amides is 1. The summed E-state index contributed by atoms with van der Waals surface area (Å²) in [7, 11) is 0. The molecule has 5 heteroatoms. The van der Waals surface area contributed by atoms with E-state index in [2.05, 4.69) is 52.9 Å². The van der Waals surface area contributed by atoms with Crippen LogP contribution in [-0.4, -0.2) is 34.5 Å². The van der Waals surface area contributed by atoms with E-state index in [0.29, 0.717) is 12.1 Å². The van der Waals surface area contributed by atoms with Gasteiger partial charge >= 0.3 is 0 Å². The number of benzene rings is 3. The van der Waals surface area contributed by atoms with E-state index in [1.165, 1.54) is 23.3 Å². The fourth-order valence-electron chi connectivity index (χ4n) is 5.11. The third-order valence-corrected chi connectivity index (χ3v) is 7.33. The highest BCUT2D eigenvalue weighted by Crippen LogP contribution is 2.27. The fraction of sp³-hybridized carbons (Fsp3) is 0.300. The molecule has 0 atom stereocenters. The Hall–Kier alpha value is -3.44. The third-order valence-electron chi connectivity index (χ3n) is 7.33. The van der Waals surface area contributed by atoms with Crippen molar-refractivity contribution in [3.8, 4) is 0 Å². The zero-order valence-corrected chi connectivity index (χ0v) is 20.4. The highest BCUT2D eigenvalue weighted by molar-refractivity contribution is 5.99. The monoisotopic (exact) mass is 469 g/mol. The molecule has 5 rings (SSSR count). The van der Waals surface area contributed by atoms with Crippen molar-refractivity contribution in [1.82, 2.24) is 14.8 Å². The zero-order valence-electron chi connectivity index (χ0n) is 20.4. The first-order valence-electron chi connectivity index (χ1n) is 12.4. The highest BCUT2D eigenvalue weighted by Gasteiger charge is 2.22. The molecule has 4 aromatic rings. The summed E-state index contributed by atoms with van der Waals surface area (Å²) >= 11 is 0. The van der Waals surface area contributed by atoms with Gasteiger partial charge in [-0.2, -0.15) is 0 Å². The minimum Gasteiger partial charge on any atom is -0.349 e. The van der Waals surface area contributed by atoms with E-state index < -0.39 is 0 Å². The molecule has 0 unspecified atom stereocenters. The van der Waals surface area contributed by atoms with Gasteiger partial charge in [0.15, 0.2) is 0 Å². The lowest BCUT2D eigenvalue weighted by atomic mass is 10.0. The minimum atomic E-state index is -0.225. The topological polar surface area (TPSA) is 37.3 Å². The van der Waals surface area contributed by atoms with Crippen LogP contribution in [0.4, 0.5) is 4.39 Å². The van der Waals surface area contributed by atoms with Crippen molar-refractivity contribution in [2.24, 2.45) is 0 Å². The molecule has 1 fully saturated rings. The zero-order chi connectivity index (χ0) is 24.4. The summed E-state index contributed by atoms with van der Waals surface area (Å²) in [5.41, 5.74) is 6.51. The largest absolute Gasteiger partial charge is 0.349 e. The molecule has 1 aliphatic rings. The second kappa shape index (κ2) is 10.0. The number of likely N-dealkylation sites (tertiary alicyclic amines) is 1. The first-order chi connectivity index (χ1) is 17.0. The lowest BCUT2D eigenvalue weighted by Crippen LogP contribution is -2.44. The third kappa shape index (κ3) is 5.15. The Bertz CT molecular complexity index is 1320. The summed E-state index contributed by atoms with van der Waals surface area (Å²) in [5, 5.41) is 4.35. The molecule has 1 aromatic heterocycles. The maximum Gasteiger partial charge on any atom is 0.251 e. The van der Waals surface area contributed by atoms with Gasteiger partial charge in [0.1, 0.15) is 5.82 Å². The normalized spacial score (nSPS) is 14.9. The Morgan fingerprint density at radius 3 is 2.31 bits per heavy atom. The molecule has 0 spiro atoms. The molecule has 1 N–H and O–H groups in total. The molecule has 1 aliphatic heterocycles. The van der Waals surface area contributed by atoms with Crippen LogP contribution in [0.5, 0.6) is 0 Å². The number of hydrogen-bond acceptors (Lipinski definition) is 2. The van der Waals surface area contributed by atoms with Gasteiger partial charge in [-0.25, -0.2) is 4.39 Å². The number of nitrogens with zero attached hydrogens (tertiary/aromatic N) is 2. The van der Waals surface area contributed by atoms with Gasteiger partial charge in [-0.1, -0.05) is 42.5 Å². The van der Waals surface area contributed by atoms with E-state index in [-0.39, 0.29) is 17.8 Å². The number of halogens is 1. The summed E-state index contributed by atoms with van der Waals surface area (Å²) < 4.78 is 15.5. The van der Waals surface area contributed by atoms with E-state index in [1.54, 1.807) is 0 Å². The predicted molar refractivity (Wildman–Crippen MR) is 139 cm³/mol. The number of piperidine rings is 1. The number of aryl methyl sites for hydroxylation is 1. The van der Waals surface area contributed by atoms with Crippen LogP contribution < -0.4 is 5.32 Å². The van der Waals surface area contributed by atoms with Gasteiger partial charge in [-0.15, -0.1) is 0 Å². The average Bonchev–Trinajstić information content (AvgIpc) is 3.11. The van der Waals surface area contributed by atoms with E-state index in [0.717, 1.165) is 54.6 Å². The average molecular weight is 470 g/mol. The maximum atomic E-state index is 13.3. The summed E-state index contributed by atoms with van der Waals surface area (Å²) in [6.45, 7) is 7.81. The van der Waals surface area contributed by atoms with Crippen molar-refractivity contribution >= 4 is 16.8 Å². The highest BCUT2D eigenvalue weighted by atomic mass is 19.1. The van der Waals surface area contributed by atoms with Crippen LogP contribution in [0.3, 0.4) is 0 Å². The summed E-state index contributed by atoms with van der Waals surface area (Å²) in [6, 6.07) is 23.4. The van der Waals surface area contributed by atoms with Crippen LogP contribution in [0.1, 0.15) is 45.6 Å². The van der Waals surface area contributed by atoms with E-state index >= 15 is 0 Å². The Kier molecular flexibility index (Phi) is 6.69. The molecule has 2 heterocycles. The number of fused-ring (bicyclic) bond motifs is 1. The van der Waals surface area contributed by atoms with Crippen molar-refractivity contribution in [3.05, 3.63) is 107 Å². The van der Waals surface area contributed by atoms with Gasteiger partial charge in [0.25, 0.3) is 5.91 Å². The van der Waals surface area contributed by atoms with Gasteiger partial charge in [-0.3, -0.25) is 9.69 Å². The van der Waals surface area contributed by atoms with E-state index in [4.69, 9.17) is 0 Å². The molecule has 0 aliphatic carbocycles. The predicted octanol–water partition coefficient (Wildman–Crippen LogP) is 5.84. The van der Waals surface area contributed by atoms with Crippen molar-refractivity contribution in [2.75, 3.05) is 13.1 Å². The van der Waals surface area contributed by atoms with Crippen LogP contribution in [0, 0.1) is 19.7 Å². The SMILES string of the molecule is Cc1c(C)n(Cc2ccc(F)cc2)c2ccc(C(=O)NC3CCN(Cc4ccccc4)CC3)cc12. The number of aromatic nitrogens is 1. The molecule has 35 heavy (non-hydrogen) atoms. The molecule has 4 nitrogen and oxygen atoms in total. The Labute approximate surface area is 206 Å². The molecule has 1 saturated heterocycles. The lowest BCUT2D eigenvalue weighted by molar-refractivity contribution is 0.0909. The van der Waals surface area contributed by atoms with Gasteiger partial charge in [0.2, 0.25) is 0 Å². The summed E-state index contributed by atoms with van der Waals surface area (Å²) in [4.78, 5) is 15.5. The molecule has 0 saturated carbocycles. The molecule has 0 bridgehead atoms. The van der Waals surface area contributed by atoms with E-state index in [1.807, 2.05) is 36.4 Å². The fourth-order valence-corrected chi connectivity index (χ4v) is 5.11. The lowest BCUT2D eigenvalue weighted by Gasteiger charge is -2.32. The second-order valence-electron chi connectivity index (χ2n) is 9.66. The smallest absolute Gasteiger partial charge is 0.251 e. The Morgan fingerprint density at radius 1 is 0.914 bits per heavy atom. The molecular weight excluding hydrogens is 437 g/mol. The van der Waals surface area contributed by atoms with E-state index in [9.17, 15) is 9.18 Å². The first-order valence-corrected chi connectivity index (χ1v) is 12.4. The maximum absolute atomic E-state index is 13.3. The standard InChI is InChI=1S/C30H32FN3O/c1-21-22(2)34(20-24-8-11-26(31)12-9-24)29-13-10-25(18-28(21)29)30(35)32-27-14-16-33(17-15-27)19-23-6-4-3-5-7-23/h3-13,18,27H,14-17,19-20H2,1-2H3,(H,32,35). The number of carbonyl (C=O) groups is 1. The quantitative estimate of drug-likeness (QED) is 0.385. The van der Waals surface area contributed by atoms with Crippen LogP contribution in [0.25, 0.3) is 10.9 Å². The van der Waals surface area contributed by atoms with Crippen molar-refractivity contribution in [2.45, 2.75) is 45.8 Å². The molecule has 3 aromatic carbocycles. The van der Waals surface area contributed by atoms with Gasteiger partial charge in [0.05, 0.1) is 0 Å². The van der Waals surface area contributed by atoms with Gasteiger partial charge < -0.3 is 9.88 Å². The number of carbonyl (C=O) groups excluding carboxylic acids is 1. The molecule has 180 valence electrons. The van der Waals surface area contributed by atoms with Crippen molar-refractivity contribution in [1.29, 1.82) is 0 Å². The number of hydrogen-bond donors (Lipinski definition) is 1. The number of nitrogens with one attached hydrogen (secondary N) is 1. The molecule has 1 amide bonds. The minimum absolute atomic E-state index is 0.00301. The molecular formula is C30H32FN3O. The molecule has 0 radical (unpaired) electrons. The summed E-state index contributed by atoms with van der Waals surface area (Å²) in [6.07, 6.45) is 1.93. The van der Waals surface area contributed by atoms with Crippen LogP contribution in [-0.2, 0) is 13.1 Å². The van der Waals surface area contributed by atoms with Crippen LogP contribution in [0.2, 0.25) is 0 Å². The van der Waals surface area contributed by atoms with Gasteiger partial charge in [-0.05, 0) is 73.7 Å². The van der Waals surface area contributed by atoms with Gasteiger partial charge in [0, 0.05) is 54.4 Å². The van der Waals surface area contributed by atoms with Crippen molar-refractivity contribution < 1.29 is 9.18 Å². The summed E-state index contributed by atoms with van der Waals surface area (Å²) in [5.74, 6) is -0.228. The first kappa shape index (κ1) is 23.3.